The number of rotatable bonds is 4. The molecule has 0 saturated carbocycles. The van der Waals surface area contributed by atoms with E-state index in [2.05, 4.69) is 11.1 Å². The molecule has 0 aliphatic rings. The first kappa shape index (κ1) is 15.2. The highest BCUT2D eigenvalue weighted by molar-refractivity contribution is 7.15. The smallest absolute Gasteiger partial charge is 0.326 e. The van der Waals surface area contributed by atoms with E-state index in [0.29, 0.717) is 10.8 Å². The van der Waals surface area contributed by atoms with E-state index < -0.39 is 0 Å². The van der Waals surface area contributed by atoms with Crippen molar-refractivity contribution in [2.24, 2.45) is 0 Å². The van der Waals surface area contributed by atoms with Crippen LogP contribution in [-0.4, -0.2) is 19.9 Å². The number of hydrogen-bond donors (Lipinski definition) is 0. The van der Waals surface area contributed by atoms with Gasteiger partial charge in [-0.15, -0.1) is 11.3 Å². The third-order valence-corrected chi connectivity index (χ3v) is 5.05. The van der Waals surface area contributed by atoms with E-state index in [9.17, 15) is 4.79 Å². The van der Waals surface area contributed by atoms with Crippen molar-refractivity contribution in [1.82, 2.24) is 14.0 Å². The molecule has 0 amide bonds. The Hall–Kier alpha value is -2.31. The minimum Gasteiger partial charge on any atom is -0.458 e. The van der Waals surface area contributed by atoms with Gasteiger partial charge in [-0.25, -0.2) is 4.98 Å². The number of thiazole rings is 1. The van der Waals surface area contributed by atoms with Crippen LogP contribution in [0.15, 0.2) is 41.9 Å². The van der Waals surface area contributed by atoms with Gasteiger partial charge >= 0.3 is 5.97 Å². The van der Waals surface area contributed by atoms with E-state index in [1.165, 1.54) is 11.3 Å². The Labute approximate surface area is 147 Å². The zero-order valence-electron chi connectivity index (χ0n) is 12.9. The molecule has 0 fully saturated rings. The van der Waals surface area contributed by atoms with Gasteiger partial charge in [-0.2, -0.15) is 0 Å². The Bertz CT molecular complexity index is 1050. The normalized spacial score (nSPS) is 11.4. The number of carbonyl (C=O) groups excluding carboxylic acids is 1. The van der Waals surface area contributed by atoms with Gasteiger partial charge in [0.05, 0.1) is 5.69 Å². The Balaban J connectivity index is 1.51. The van der Waals surface area contributed by atoms with Crippen LogP contribution in [0, 0.1) is 6.92 Å². The Morgan fingerprint density at radius 1 is 1.38 bits per heavy atom. The fourth-order valence-electron chi connectivity index (χ4n) is 2.82. The van der Waals surface area contributed by atoms with Crippen molar-refractivity contribution in [3.63, 3.8) is 0 Å². The lowest BCUT2D eigenvalue weighted by molar-refractivity contribution is -0.145. The quantitative estimate of drug-likeness (QED) is 0.516. The Morgan fingerprint density at radius 3 is 3.08 bits per heavy atom. The molecule has 24 heavy (non-hydrogen) atoms. The molecule has 0 aliphatic carbocycles. The van der Waals surface area contributed by atoms with E-state index in [0.717, 1.165) is 21.6 Å². The van der Waals surface area contributed by atoms with Gasteiger partial charge in [0.2, 0.25) is 0 Å². The van der Waals surface area contributed by atoms with Gasteiger partial charge in [0.25, 0.3) is 0 Å². The lowest BCUT2D eigenvalue weighted by Gasteiger charge is -2.09. The number of carbonyl (C=O) groups is 1. The number of hydrogen-bond acceptors (Lipinski definition) is 4. The van der Waals surface area contributed by atoms with E-state index >= 15 is 0 Å². The molecule has 5 nitrogen and oxygen atoms in total. The second-order valence-corrected chi connectivity index (χ2v) is 6.73. The van der Waals surface area contributed by atoms with Crippen molar-refractivity contribution in [3.8, 4) is 0 Å². The summed E-state index contributed by atoms with van der Waals surface area (Å²) in [7, 11) is 0. The van der Waals surface area contributed by atoms with Crippen molar-refractivity contribution >= 4 is 44.8 Å². The fraction of sp³-hybridized carbons (Fsp3) is 0.176. The zero-order valence-corrected chi connectivity index (χ0v) is 14.5. The SMILES string of the molecule is Cc1cc2ccccc2n1CC(=O)OCc1c(Cl)nc2sccn12. The monoisotopic (exact) mass is 359 g/mol. The molecule has 7 heteroatoms. The summed E-state index contributed by atoms with van der Waals surface area (Å²) in [6, 6.07) is 10.0. The first-order chi connectivity index (χ1) is 11.6. The van der Waals surface area contributed by atoms with Crippen LogP contribution in [-0.2, 0) is 22.7 Å². The number of ether oxygens (including phenoxy) is 1. The minimum atomic E-state index is -0.305. The zero-order chi connectivity index (χ0) is 16.7. The molecule has 4 rings (SSSR count). The summed E-state index contributed by atoms with van der Waals surface area (Å²) in [4.78, 5) is 17.3. The van der Waals surface area contributed by atoms with Crippen LogP contribution >= 0.6 is 22.9 Å². The van der Waals surface area contributed by atoms with Gasteiger partial charge in [-0.1, -0.05) is 29.8 Å². The van der Waals surface area contributed by atoms with Gasteiger partial charge in [0.1, 0.15) is 13.2 Å². The number of esters is 1. The molecule has 0 N–H and O–H groups in total. The molecule has 1 aromatic carbocycles. The molecule has 122 valence electrons. The minimum absolute atomic E-state index is 0.105. The van der Waals surface area contributed by atoms with Gasteiger partial charge < -0.3 is 9.30 Å². The highest BCUT2D eigenvalue weighted by atomic mass is 35.5. The summed E-state index contributed by atoms with van der Waals surface area (Å²) in [5.74, 6) is -0.305. The Kier molecular flexibility index (Phi) is 3.78. The van der Waals surface area contributed by atoms with Crippen LogP contribution in [0.3, 0.4) is 0 Å². The molecule has 3 heterocycles. The third-order valence-electron chi connectivity index (χ3n) is 3.99. The van der Waals surface area contributed by atoms with Crippen molar-refractivity contribution in [3.05, 3.63) is 58.4 Å². The van der Waals surface area contributed by atoms with Crippen molar-refractivity contribution < 1.29 is 9.53 Å². The molecule has 0 spiro atoms. The summed E-state index contributed by atoms with van der Waals surface area (Å²) < 4.78 is 9.22. The first-order valence-electron chi connectivity index (χ1n) is 7.44. The van der Waals surface area contributed by atoms with Gasteiger partial charge in [0, 0.05) is 22.8 Å². The number of imidazole rings is 1. The van der Waals surface area contributed by atoms with Crippen LogP contribution in [0.1, 0.15) is 11.4 Å². The van der Waals surface area contributed by atoms with Crippen molar-refractivity contribution in [2.45, 2.75) is 20.1 Å². The molecule has 4 aromatic rings. The number of aromatic nitrogens is 3. The molecule has 0 unspecified atom stereocenters. The highest BCUT2D eigenvalue weighted by Crippen LogP contribution is 2.22. The maximum absolute atomic E-state index is 12.3. The second kappa shape index (κ2) is 5.96. The maximum Gasteiger partial charge on any atom is 0.326 e. The number of aryl methyl sites for hydroxylation is 1. The molecule has 0 saturated heterocycles. The maximum atomic E-state index is 12.3. The highest BCUT2D eigenvalue weighted by Gasteiger charge is 2.15. The standard InChI is InChI=1S/C17H14ClN3O2S/c1-11-8-12-4-2-3-5-13(12)21(11)9-15(22)23-10-14-16(18)19-17-20(14)6-7-24-17/h2-8H,9-10H2,1H3. The van der Waals surface area contributed by atoms with Crippen molar-refractivity contribution in [1.29, 1.82) is 0 Å². The van der Waals surface area contributed by atoms with E-state index in [1.807, 2.05) is 51.7 Å². The average Bonchev–Trinajstić information content (AvgIpc) is 3.20. The van der Waals surface area contributed by atoms with Crippen molar-refractivity contribution in [2.75, 3.05) is 0 Å². The number of fused-ring (bicyclic) bond motifs is 2. The number of benzene rings is 1. The molecular weight excluding hydrogens is 346 g/mol. The number of nitrogens with zero attached hydrogens (tertiary/aromatic N) is 3. The molecular formula is C17H14ClN3O2S. The Morgan fingerprint density at radius 2 is 2.21 bits per heavy atom. The van der Waals surface area contributed by atoms with Crippen LogP contribution in [0.25, 0.3) is 15.9 Å². The van der Waals surface area contributed by atoms with E-state index in [1.54, 1.807) is 0 Å². The van der Waals surface area contributed by atoms with Crippen LogP contribution in [0.4, 0.5) is 0 Å². The van der Waals surface area contributed by atoms with Crippen LogP contribution < -0.4 is 0 Å². The van der Waals surface area contributed by atoms with Gasteiger partial charge in [-0.3, -0.25) is 9.20 Å². The summed E-state index contributed by atoms with van der Waals surface area (Å²) in [5, 5.41) is 3.40. The van der Waals surface area contributed by atoms with E-state index in [-0.39, 0.29) is 19.1 Å². The van der Waals surface area contributed by atoms with E-state index in [4.69, 9.17) is 16.3 Å². The molecule has 0 aliphatic heterocycles. The fourth-order valence-corrected chi connectivity index (χ4v) is 3.83. The lowest BCUT2D eigenvalue weighted by atomic mass is 10.2. The first-order valence-corrected chi connectivity index (χ1v) is 8.69. The van der Waals surface area contributed by atoms with Crippen LogP contribution in [0.5, 0.6) is 0 Å². The predicted molar refractivity (Wildman–Crippen MR) is 94.6 cm³/mol. The van der Waals surface area contributed by atoms with Gasteiger partial charge in [0.15, 0.2) is 10.1 Å². The number of halogens is 1. The molecule has 3 aromatic heterocycles. The third kappa shape index (κ3) is 2.57. The summed E-state index contributed by atoms with van der Waals surface area (Å²) >= 11 is 7.60. The average molecular weight is 360 g/mol. The molecule has 0 bridgehead atoms. The predicted octanol–water partition coefficient (Wildman–Crippen LogP) is 4.06. The molecule has 0 atom stereocenters. The summed E-state index contributed by atoms with van der Waals surface area (Å²) in [5.41, 5.74) is 2.74. The largest absolute Gasteiger partial charge is 0.458 e. The summed E-state index contributed by atoms with van der Waals surface area (Å²) in [6.07, 6.45) is 1.87. The van der Waals surface area contributed by atoms with Crippen LogP contribution in [0.2, 0.25) is 5.15 Å². The second-order valence-electron chi connectivity index (χ2n) is 5.50. The molecule has 0 radical (unpaired) electrons. The van der Waals surface area contributed by atoms with Gasteiger partial charge in [-0.05, 0) is 24.4 Å². The topological polar surface area (TPSA) is 48.5 Å². The summed E-state index contributed by atoms with van der Waals surface area (Å²) in [6.45, 7) is 2.26. The lowest BCUT2D eigenvalue weighted by Crippen LogP contribution is -2.14. The number of para-hydroxylation sites is 1.